The summed E-state index contributed by atoms with van der Waals surface area (Å²) in [5, 5.41) is 8.69. The molecule has 1 heterocycles. The minimum Gasteiger partial charge on any atom is -0.292 e. The van der Waals surface area contributed by atoms with Crippen LogP contribution in [0, 0.1) is 11.3 Å². The molecule has 0 N–H and O–H groups in total. The molecule has 1 aromatic carbocycles. The second-order valence-electron chi connectivity index (χ2n) is 4.93. The van der Waals surface area contributed by atoms with Crippen LogP contribution in [-0.4, -0.2) is 56.5 Å². The monoisotopic (exact) mass is 333 g/mol. The number of hydrogen-bond acceptors (Lipinski definition) is 4. The van der Waals surface area contributed by atoms with Gasteiger partial charge in [0.25, 0.3) is 0 Å². The van der Waals surface area contributed by atoms with E-state index in [0.29, 0.717) is 5.56 Å². The first-order valence-electron chi connectivity index (χ1n) is 6.52. The van der Waals surface area contributed by atoms with Crippen LogP contribution >= 0.6 is 0 Å². The van der Waals surface area contributed by atoms with E-state index in [1.54, 1.807) is 0 Å². The van der Waals surface area contributed by atoms with Crippen LogP contribution in [0.15, 0.2) is 29.2 Å². The molecule has 9 heteroatoms. The minimum atomic E-state index is -4.28. The molecule has 0 unspecified atom stereocenters. The first-order chi connectivity index (χ1) is 10.2. The Morgan fingerprint density at radius 3 is 2.09 bits per heavy atom. The summed E-state index contributed by atoms with van der Waals surface area (Å²) in [7, 11) is -3.74. The Kier molecular flexibility index (Phi) is 4.75. The van der Waals surface area contributed by atoms with Crippen molar-refractivity contribution in [1.82, 2.24) is 9.21 Å². The molecule has 120 valence electrons. The maximum Gasteiger partial charge on any atom is 0.401 e. The number of halogens is 3. The average Bonchev–Trinajstić information content (AvgIpc) is 2.46. The molecule has 1 aliphatic rings. The van der Waals surface area contributed by atoms with Crippen LogP contribution in [0.1, 0.15) is 5.56 Å². The summed E-state index contributed by atoms with van der Waals surface area (Å²) in [5.74, 6) is 0. The largest absolute Gasteiger partial charge is 0.401 e. The lowest BCUT2D eigenvalue weighted by Gasteiger charge is -2.34. The maximum atomic E-state index is 12.4. The van der Waals surface area contributed by atoms with Crippen molar-refractivity contribution in [2.75, 3.05) is 32.7 Å². The smallest absolute Gasteiger partial charge is 0.292 e. The Morgan fingerprint density at radius 2 is 1.64 bits per heavy atom. The summed E-state index contributed by atoms with van der Waals surface area (Å²) in [5.41, 5.74) is 0.342. The van der Waals surface area contributed by atoms with Crippen molar-refractivity contribution < 1.29 is 21.6 Å². The molecule has 22 heavy (non-hydrogen) atoms. The summed E-state index contributed by atoms with van der Waals surface area (Å²) in [4.78, 5) is 1.22. The van der Waals surface area contributed by atoms with Gasteiger partial charge >= 0.3 is 6.18 Å². The van der Waals surface area contributed by atoms with Crippen LogP contribution < -0.4 is 0 Å². The average molecular weight is 333 g/mol. The highest BCUT2D eigenvalue weighted by atomic mass is 32.2. The summed E-state index contributed by atoms with van der Waals surface area (Å²) in [6, 6.07) is 7.34. The Balaban J connectivity index is 2.04. The van der Waals surface area contributed by atoms with Crippen molar-refractivity contribution in [3.63, 3.8) is 0 Å². The number of sulfonamides is 1. The van der Waals surface area contributed by atoms with Crippen LogP contribution in [0.2, 0.25) is 0 Å². The molecule has 0 amide bonds. The molecule has 1 fully saturated rings. The lowest BCUT2D eigenvalue weighted by Crippen LogP contribution is -2.50. The summed E-state index contributed by atoms with van der Waals surface area (Å²) >= 11 is 0. The number of rotatable bonds is 3. The standard InChI is InChI=1S/C13H14F3N3O2S/c14-13(15,16)10-18-5-7-19(8-6-18)22(20,21)12-3-1-11(9-17)2-4-12/h1-4H,5-8,10H2. The first-order valence-corrected chi connectivity index (χ1v) is 7.96. The van der Waals surface area contributed by atoms with Crippen LogP contribution in [-0.2, 0) is 10.0 Å². The zero-order valence-electron chi connectivity index (χ0n) is 11.5. The molecule has 0 saturated carbocycles. The number of hydrogen-bond donors (Lipinski definition) is 0. The maximum absolute atomic E-state index is 12.4. The van der Waals surface area contributed by atoms with Gasteiger partial charge in [-0.1, -0.05) is 0 Å². The molecule has 0 aliphatic carbocycles. The van der Waals surface area contributed by atoms with E-state index < -0.39 is 22.7 Å². The molecule has 0 radical (unpaired) electrons. The Bertz CT molecular complexity index is 657. The topological polar surface area (TPSA) is 64.4 Å². The van der Waals surface area contributed by atoms with Crippen LogP contribution in [0.3, 0.4) is 0 Å². The highest BCUT2D eigenvalue weighted by molar-refractivity contribution is 7.89. The fourth-order valence-corrected chi connectivity index (χ4v) is 3.65. The molecular weight excluding hydrogens is 319 g/mol. The van der Waals surface area contributed by atoms with E-state index in [0.717, 1.165) is 0 Å². The molecular formula is C13H14F3N3O2S. The van der Waals surface area contributed by atoms with Crippen LogP contribution in [0.25, 0.3) is 0 Å². The number of alkyl halides is 3. The highest BCUT2D eigenvalue weighted by Crippen LogP contribution is 2.21. The first kappa shape index (κ1) is 16.7. The second-order valence-corrected chi connectivity index (χ2v) is 6.87. The molecule has 2 rings (SSSR count). The number of benzene rings is 1. The molecule has 0 atom stereocenters. The third-order valence-corrected chi connectivity index (χ3v) is 5.27. The van der Waals surface area contributed by atoms with Gasteiger partial charge in [-0.25, -0.2) is 8.42 Å². The quantitative estimate of drug-likeness (QED) is 0.839. The third kappa shape index (κ3) is 3.97. The van der Waals surface area contributed by atoms with E-state index in [9.17, 15) is 21.6 Å². The Morgan fingerprint density at radius 1 is 1.09 bits per heavy atom. The second kappa shape index (κ2) is 6.24. The molecule has 1 aliphatic heterocycles. The van der Waals surface area contributed by atoms with Gasteiger partial charge in [-0.3, -0.25) is 4.90 Å². The van der Waals surface area contributed by atoms with Crippen LogP contribution in [0.5, 0.6) is 0 Å². The van der Waals surface area contributed by atoms with Gasteiger partial charge in [0.1, 0.15) is 0 Å². The summed E-state index contributed by atoms with van der Waals surface area (Å²) in [6.45, 7) is -0.932. The van der Waals surface area contributed by atoms with Gasteiger partial charge in [-0.2, -0.15) is 22.7 Å². The van der Waals surface area contributed by atoms with E-state index in [-0.39, 0.29) is 31.1 Å². The zero-order chi connectivity index (χ0) is 16.4. The highest BCUT2D eigenvalue weighted by Gasteiger charge is 2.34. The van der Waals surface area contributed by atoms with E-state index in [4.69, 9.17) is 5.26 Å². The van der Waals surface area contributed by atoms with Gasteiger partial charge in [-0.15, -0.1) is 0 Å². The normalized spacial score (nSPS) is 18.1. The molecule has 0 bridgehead atoms. The predicted molar refractivity (Wildman–Crippen MR) is 72.4 cm³/mol. The van der Waals surface area contributed by atoms with E-state index in [1.807, 2.05) is 6.07 Å². The van der Waals surface area contributed by atoms with Crippen molar-refractivity contribution in [3.05, 3.63) is 29.8 Å². The fraction of sp³-hybridized carbons (Fsp3) is 0.462. The van der Waals surface area contributed by atoms with Crippen molar-refractivity contribution in [2.45, 2.75) is 11.1 Å². The van der Waals surface area contributed by atoms with Gasteiger partial charge in [0.2, 0.25) is 10.0 Å². The van der Waals surface area contributed by atoms with Crippen molar-refractivity contribution in [2.24, 2.45) is 0 Å². The fourth-order valence-electron chi connectivity index (χ4n) is 2.23. The number of nitrogens with zero attached hydrogens (tertiary/aromatic N) is 3. The van der Waals surface area contributed by atoms with Gasteiger partial charge in [-0.05, 0) is 24.3 Å². The predicted octanol–water partition coefficient (Wildman–Crippen LogP) is 1.43. The van der Waals surface area contributed by atoms with Gasteiger partial charge < -0.3 is 0 Å². The minimum absolute atomic E-state index is 0.0123. The SMILES string of the molecule is N#Cc1ccc(S(=O)(=O)N2CCN(CC(F)(F)F)CC2)cc1. The van der Waals surface area contributed by atoms with E-state index in [1.165, 1.54) is 33.5 Å². The van der Waals surface area contributed by atoms with Crippen molar-refractivity contribution in [1.29, 1.82) is 5.26 Å². The van der Waals surface area contributed by atoms with E-state index >= 15 is 0 Å². The molecule has 0 spiro atoms. The Labute approximate surface area is 126 Å². The van der Waals surface area contributed by atoms with Gasteiger partial charge in [0.15, 0.2) is 0 Å². The molecule has 5 nitrogen and oxygen atoms in total. The molecule has 0 aromatic heterocycles. The molecule has 1 saturated heterocycles. The zero-order valence-corrected chi connectivity index (χ0v) is 12.4. The lowest BCUT2D eigenvalue weighted by atomic mass is 10.2. The number of piperazine rings is 1. The Hall–Kier alpha value is -1.63. The van der Waals surface area contributed by atoms with Crippen molar-refractivity contribution >= 4 is 10.0 Å². The van der Waals surface area contributed by atoms with Gasteiger partial charge in [0, 0.05) is 26.2 Å². The lowest BCUT2D eigenvalue weighted by molar-refractivity contribution is -0.148. The third-order valence-electron chi connectivity index (χ3n) is 3.36. The van der Waals surface area contributed by atoms with Gasteiger partial charge in [0.05, 0.1) is 23.1 Å². The summed E-state index contributed by atoms with van der Waals surface area (Å²) in [6.07, 6.45) is -4.28. The summed E-state index contributed by atoms with van der Waals surface area (Å²) < 4.78 is 62.9. The number of nitriles is 1. The van der Waals surface area contributed by atoms with Crippen LogP contribution in [0.4, 0.5) is 13.2 Å². The molecule has 1 aromatic rings. The van der Waals surface area contributed by atoms with E-state index in [2.05, 4.69) is 0 Å². The van der Waals surface area contributed by atoms with Crippen molar-refractivity contribution in [3.8, 4) is 6.07 Å².